The Morgan fingerprint density at radius 3 is 2.67 bits per heavy atom. The molecule has 2 bridgehead atoms. The molecule has 2 aliphatic carbocycles. The minimum atomic E-state index is -5.29. The van der Waals surface area contributed by atoms with E-state index in [1.54, 1.807) is 0 Å². The van der Waals surface area contributed by atoms with Crippen molar-refractivity contribution in [2.75, 3.05) is 0 Å². The number of hydrogen-bond acceptors (Lipinski definition) is 2. The summed E-state index contributed by atoms with van der Waals surface area (Å²) < 4.78 is 57.4. The molecule has 2 saturated carbocycles. The fourth-order valence-corrected chi connectivity index (χ4v) is 4.61. The summed E-state index contributed by atoms with van der Waals surface area (Å²) in [7, 11) is -5.29. The highest BCUT2D eigenvalue weighted by Gasteiger charge is 2.53. The van der Waals surface area contributed by atoms with E-state index < -0.39 is 27.2 Å². The minimum Gasteiger partial charge on any atom is -0.281 e. The van der Waals surface area contributed by atoms with Crippen LogP contribution in [0.15, 0.2) is 0 Å². The average molecular weight is 282 g/mol. The SMILES string of the molecule is C[C@@H]1CC2CCCC(CC(F)(F)S(=O)(=O)O)(C2)C1. The van der Waals surface area contributed by atoms with Gasteiger partial charge in [-0.05, 0) is 42.9 Å². The lowest BCUT2D eigenvalue weighted by Gasteiger charge is -2.48. The highest BCUT2D eigenvalue weighted by molar-refractivity contribution is 7.86. The van der Waals surface area contributed by atoms with E-state index in [0.29, 0.717) is 31.1 Å². The highest BCUT2D eigenvalue weighted by Crippen LogP contribution is 2.55. The standard InChI is InChI=1S/C12H20F2O3S/c1-9-5-10-3-2-4-11(6-9,7-10)8-12(13,14)18(15,16)17/h9-10H,2-8H2,1H3,(H,15,16,17)/t9-,10?,11?/m1/s1. The molecule has 18 heavy (non-hydrogen) atoms. The first-order valence-electron chi connectivity index (χ1n) is 6.48. The van der Waals surface area contributed by atoms with E-state index in [1.165, 1.54) is 0 Å². The molecule has 1 N–H and O–H groups in total. The summed E-state index contributed by atoms with van der Waals surface area (Å²) in [5.74, 6) is 0.806. The maximum Gasteiger partial charge on any atom is 0.370 e. The van der Waals surface area contributed by atoms with Crippen LogP contribution in [0.4, 0.5) is 8.78 Å². The lowest BCUT2D eigenvalue weighted by molar-refractivity contribution is -0.0374. The van der Waals surface area contributed by atoms with Gasteiger partial charge in [0, 0.05) is 6.42 Å². The molecular formula is C12H20F2O3S. The van der Waals surface area contributed by atoms with Crippen LogP contribution in [0.5, 0.6) is 0 Å². The van der Waals surface area contributed by atoms with Gasteiger partial charge >= 0.3 is 15.4 Å². The first-order valence-corrected chi connectivity index (χ1v) is 7.92. The van der Waals surface area contributed by atoms with Crippen molar-refractivity contribution in [3.05, 3.63) is 0 Å². The van der Waals surface area contributed by atoms with Gasteiger partial charge in [0.15, 0.2) is 0 Å². The van der Waals surface area contributed by atoms with E-state index in [0.717, 1.165) is 19.3 Å². The number of alkyl halides is 2. The van der Waals surface area contributed by atoms with Gasteiger partial charge < -0.3 is 0 Å². The lowest BCUT2D eigenvalue weighted by Crippen LogP contribution is -2.43. The van der Waals surface area contributed by atoms with Crippen molar-refractivity contribution in [3.8, 4) is 0 Å². The molecule has 2 fully saturated rings. The largest absolute Gasteiger partial charge is 0.370 e. The minimum absolute atomic E-state index is 0.362. The van der Waals surface area contributed by atoms with Crippen LogP contribution in [-0.2, 0) is 10.1 Å². The summed E-state index contributed by atoms with van der Waals surface area (Å²) in [6, 6.07) is 0. The molecule has 106 valence electrons. The van der Waals surface area contributed by atoms with Crippen LogP contribution in [0, 0.1) is 17.3 Å². The molecule has 3 atom stereocenters. The van der Waals surface area contributed by atoms with Gasteiger partial charge in [-0.2, -0.15) is 17.2 Å². The summed E-state index contributed by atoms with van der Waals surface area (Å²) in [5.41, 5.74) is -0.597. The third kappa shape index (κ3) is 2.69. The zero-order valence-corrected chi connectivity index (χ0v) is 11.3. The van der Waals surface area contributed by atoms with Gasteiger partial charge in [0.1, 0.15) is 0 Å². The van der Waals surface area contributed by atoms with Gasteiger partial charge in [0.05, 0.1) is 0 Å². The summed E-state index contributed by atoms with van der Waals surface area (Å²) in [6.07, 6.45) is 4.26. The van der Waals surface area contributed by atoms with Crippen LogP contribution >= 0.6 is 0 Å². The fourth-order valence-electron chi connectivity index (χ4n) is 4.12. The Bertz CT molecular complexity index is 417. The maximum absolute atomic E-state index is 13.6. The van der Waals surface area contributed by atoms with E-state index in [2.05, 4.69) is 0 Å². The molecule has 0 aromatic carbocycles. The zero-order valence-electron chi connectivity index (χ0n) is 10.5. The van der Waals surface area contributed by atoms with Crippen LogP contribution < -0.4 is 0 Å². The normalized spacial score (nSPS) is 37.6. The number of fused-ring (bicyclic) bond motifs is 2. The number of rotatable bonds is 3. The lowest BCUT2D eigenvalue weighted by atomic mass is 9.58. The average Bonchev–Trinajstić information content (AvgIpc) is 2.12. The topological polar surface area (TPSA) is 54.4 Å². The molecule has 2 rings (SSSR count). The van der Waals surface area contributed by atoms with E-state index in [-0.39, 0.29) is 0 Å². The molecular weight excluding hydrogens is 262 g/mol. The Balaban J connectivity index is 2.20. The molecule has 3 nitrogen and oxygen atoms in total. The molecule has 0 saturated heterocycles. The van der Waals surface area contributed by atoms with Crippen LogP contribution in [0.1, 0.15) is 51.9 Å². The van der Waals surface area contributed by atoms with Crippen molar-refractivity contribution >= 4 is 10.1 Å². The van der Waals surface area contributed by atoms with Crippen molar-refractivity contribution in [3.63, 3.8) is 0 Å². The maximum atomic E-state index is 13.6. The van der Waals surface area contributed by atoms with Crippen LogP contribution in [0.2, 0.25) is 0 Å². The Morgan fingerprint density at radius 2 is 2.06 bits per heavy atom. The summed E-state index contributed by atoms with van der Waals surface area (Å²) >= 11 is 0. The molecule has 6 heteroatoms. The molecule has 0 aromatic rings. The third-order valence-corrected chi connectivity index (χ3v) is 5.42. The van der Waals surface area contributed by atoms with Gasteiger partial charge in [-0.3, -0.25) is 4.55 Å². The van der Waals surface area contributed by atoms with E-state index in [9.17, 15) is 17.2 Å². The van der Waals surface area contributed by atoms with Gasteiger partial charge in [-0.25, -0.2) is 0 Å². The van der Waals surface area contributed by atoms with Crippen molar-refractivity contribution in [1.29, 1.82) is 0 Å². The van der Waals surface area contributed by atoms with Crippen molar-refractivity contribution in [1.82, 2.24) is 0 Å². The molecule has 0 spiro atoms. The van der Waals surface area contributed by atoms with Gasteiger partial charge in [0.2, 0.25) is 0 Å². The van der Waals surface area contributed by atoms with Crippen LogP contribution in [0.3, 0.4) is 0 Å². The molecule has 0 amide bonds. The number of halogens is 2. The van der Waals surface area contributed by atoms with Gasteiger partial charge in [-0.15, -0.1) is 0 Å². The van der Waals surface area contributed by atoms with Crippen molar-refractivity contribution < 1.29 is 21.8 Å². The summed E-state index contributed by atoms with van der Waals surface area (Å²) in [5, 5.41) is -4.01. The second-order valence-corrected chi connectivity index (χ2v) is 7.84. The highest BCUT2D eigenvalue weighted by atomic mass is 32.2. The smallest absolute Gasteiger partial charge is 0.281 e. The molecule has 0 radical (unpaired) electrons. The predicted molar refractivity (Wildman–Crippen MR) is 63.9 cm³/mol. The first kappa shape index (κ1) is 14.2. The Hall–Kier alpha value is -0.230. The third-order valence-electron chi connectivity index (χ3n) is 4.52. The Kier molecular flexibility index (Phi) is 3.47. The summed E-state index contributed by atoms with van der Waals surface area (Å²) in [6.45, 7) is 2.04. The van der Waals surface area contributed by atoms with Crippen LogP contribution in [0.25, 0.3) is 0 Å². The van der Waals surface area contributed by atoms with Gasteiger partial charge in [0.25, 0.3) is 0 Å². The molecule has 0 aromatic heterocycles. The van der Waals surface area contributed by atoms with Crippen LogP contribution in [-0.4, -0.2) is 18.2 Å². The first-order chi connectivity index (χ1) is 8.14. The predicted octanol–water partition coefficient (Wildman–Crippen LogP) is 3.46. The fraction of sp³-hybridized carbons (Fsp3) is 1.00. The Morgan fingerprint density at radius 1 is 1.39 bits per heavy atom. The quantitative estimate of drug-likeness (QED) is 0.806. The molecule has 2 unspecified atom stereocenters. The van der Waals surface area contributed by atoms with E-state index >= 15 is 0 Å². The van der Waals surface area contributed by atoms with Crippen molar-refractivity contribution in [2.45, 2.75) is 57.1 Å². The van der Waals surface area contributed by atoms with E-state index in [1.807, 2.05) is 6.92 Å². The van der Waals surface area contributed by atoms with E-state index in [4.69, 9.17) is 4.55 Å². The second kappa shape index (κ2) is 4.40. The monoisotopic (exact) mass is 282 g/mol. The zero-order chi connectivity index (χ0) is 13.6. The molecule has 2 aliphatic rings. The Labute approximate surface area is 107 Å². The van der Waals surface area contributed by atoms with Gasteiger partial charge in [-0.1, -0.05) is 19.8 Å². The second-order valence-electron chi connectivity index (χ2n) is 6.30. The number of hydrogen-bond donors (Lipinski definition) is 1. The molecule has 0 heterocycles. The molecule has 0 aliphatic heterocycles. The summed E-state index contributed by atoms with van der Waals surface area (Å²) in [4.78, 5) is 0. The van der Waals surface area contributed by atoms with Crippen molar-refractivity contribution in [2.24, 2.45) is 17.3 Å².